The molecule has 0 saturated carbocycles. The molecule has 0 aliphatic heterocycles. The average molecular weight is 285 g/mol. The Balaban J connectivity index is 2.50. The largest absolute Gasteiger partial charge is 0.469 e. The van der Waals surface area contributed by atoms with Crippen LogP contribution in [0.5, 0.6) is 0 Å². The smallest absolute Gasteiger partial charge is 0.305 e. The molecule has 0 aliphatic rings. The number of carbonyl (C=O) groups is 1. The number of methoxy groups -OCH3 is 1. The molecule has 1 rings (SSSR count). The van der Waals surface area contributed by atoms with E-state index in [2.05, 4.69) is 4.74 Å². The van der Waals surface area contributed by atoms with Gasteiger partial charge in [0.15, 0.2) is 0 Å². The molecular formula is C13H19NO4S. The molecule has 0 saturated heterocycles. The third kappa shape index (κ3) is 5.40. The third-order valence-corrected chi connectivity index (χ3v) is 4.62. The lowest BCUT2D eigenvalue weighted by Crippen LogP contribution is -2.29. The third-order valence-electron chi connectivity index (χ3n) is 2.73. The Kier molecular flexibility index (Phi) is 5.98. The van der Waals surface area contributed by atoms with Crippen molar-refractivity contribution >= 4 is 16.0 Å². The molecule has 0 amide bonds. The molecule has 0 atom stereocenters. The minimum atomic E-state index is -3.34. The fourth-order valence-electron chi connectivity index (χ4n) is 1.60. The van der Waals surface area contributed by atoms with Crippen molar-refractivity contribution in [3.63, 3.8) is 0 Å². The summed E-state index contributed by atoms with van der Waals surface area (Å²) in [5.41, 5.74) is 0.932. The van der Waals surface area contributed by atoms with Crippen molar-refractivity contribution in [3.8, 4) is 0 Å². The monoisotopic (exact) mass is 285 g/mol. The second-order valence-corrected chi connectivity index (χ2v) is 6.43. The zero-order chi connectivity index (χ0) is 14.3. The van der Waals surface area contributed by atoms with E-state index in [1.54, 1.807) is 7.05 Å². The summed E-state index contributed by atoms with van der Waals surface area (Å²) < 4.78 is 29.7. The van der Waals surface area contributed by atoms with E-state index >= 15 is 0 Å². The zero-order valence-electron chi connectivity index (χ0n) is 11.2. The molecule has 0 radical (unpaired) electrons. The summed E-state index contributed by atoms with van der Waals surface area (Å²) in [6, 6.07) is 9.37. The van der Waals surface area contributed by atoms with Crippen LogP contribution in [-0.4, -0.2) is 38.6 Å². The van der Waals surface area contributed by atoms with Crippen molar-refractivity contribution in [3.05, 3.63) is 35.9 Å². The van der Waals surface area contributed by atoms with Crippen molar-refractivity contribution in [1.82, 2.24) is 4.31 Å². The van der Waals surface area contributed by atoms with Gasteiger partial charge in [0, 0.05) is 20.0 Å². The normalized spacial score (nSPS) is 11.5. The molecule has 0 unspecified atom stereocenters. The van der Waals surface area contributed by atoms with E-state index in [0.29, 0.717) is 6.54 Å². The molecule has 0 aromatic heterocycles. The Hall–Kier alpha value is -1.40. The molecular weight excluding hydrogens is 266 g/mol. The maximum Gasteiger partial charge on any atom is 0.305 e. The topological polar surface area (TPSA) is 63.7 Å². The number of nitrogens with zero attached hydrogens (tertiary/aromatic N) is 1. The zero-order valence-corrected chi connectivity index (χ0v) is 12.0. The molecule has 106 valence electrons. The number of hydrogen-bond donors (Lipinski definition) is 0. The van der Waals surface area contributed by atoms with Gasteiger partial charge in [-0.3, -0.25) is 4.79 Å². The molecule has 1 aromatic rings. The number of carbonyl (C=O) groups excluding carboxylic acids is 1. The van der Waals surface area contributed by atoms with Crippen LogP contribution in [0.25, 0.3) is 0 Å². The quantitative estimate of drug-likeness (QED) is 0.710. The lowest BCUT2D eigenvalue weighted by Gasteiger charge is -2.17. The molecule has 5 nitrogen and oxygen atoms in total. The highest BCUT2D eigenvalue weighted by Gasteiger charge is 2.18. The predicted octanol–water partition coefficient (Wildman–Crippen LogP) is 1.40. The molecule has 0 spiro atoms. The summed E-state index contributed by atoms with van der Waals surface area (Å²) in [5, 5.41) is 0. The first-order valence-electron chi connectivity index (χ1n) is 6.00. The van der Waals surface area contributed by atoms with Gasteiger partial charge >= 0.3 is 5.97 Å². The lowest BCUT2D eigenvalue weighted by molar-refractivity contribution is -0.140. The van der Waals surface area contributed by atoms with E-state index < -0.39 is 10.0 Å². The summed E-state index contributed by atoms with van der Waals surface area (Å²) in [4.78, 5) is 10.9. The van der Waals surface area contributed by atoms with E-state index in [9.17, 15) is 13.2 Å². The molecule has 19 heavy (non-hydrogen) atoms. The second kappa shape index (κ2) is 7.25. The Bertz CT molecular complexity index is 499. The number of hydrogen-bond acceptors (Lipinski definition) is 4. The Morgan fingerprint density at radius 3 is 2.47 bits per heavy atom. The molecule has 0 fully saturated rings. The standard InChI is InChI=1S/C13H19NO4S/c1-14(11-12-7-4-3-5-8-12)19(16,17)10-6-9-13(15)18-2/h3-5,7-8H,6,9-11H2,1-2H3. The van der Waals surface area contributed by atoms with Crippen LogP contribution in [0.15, 0.2) is 30.3 Å². The van der Waals surface area contributed by atoms with Crippen molar-refractivity contribution < 1.29 is 17.9 Å². The summed E-state index contributed by atoms with van der Waals surface area (Å²) in [6.45, 7) is 0.335. The van der Waals surface area contributed by atoms with Gasteiger partial charge in [0.05, 0.1) is 12.9 Å². The van der Waals surface area contributed by atoms with Gasteiger partial charge in [0.1, 0.15) is 0 Å². The van der Waals surface area contributed by atoms with Gasteiger partial charge in [-0.1, -0.05) is 30.3 Å². The highest BCUT2D eigenvalue weighted by atomic mass is 32.2. The van der Waals surface area contributed by atoms with Crippen LogP contribution in [0, 0.1) is 0 Å². The molecule has 0 heterocycles. The fraction of sp³-hybridized carbons (Fsp3) is 0.462. The van der Waals surface area contributed by atoms with Gasteiger partial charge < -0.3 is 4.74 Å². The SMILES string of the molecule is COC(=O)CCCS(=O)(=O)N(C)Cc1ccccc1. The van der Waals surface area contributed by atoms with Gasteiger partial charge in [-0.25, -0.2) is 12.7 Å². The molecule has 0 aliphatic carbocycles. The highest BCUT2D eigenvalue weighted by Crippen LogP contribution is 2.09. The van der Waals surface area contributed by atoms with E-state index in [1.165, 1.54) is 11.4 Å². The number of ether oxygens (including phenoxy) is 1. The number of benzene rings is 1. The van der Waals surface area contributed by atoms with E-state index in [1.807, 2.05) is 30.3 Å². The van der Waals surface area contributed by atoms with E-state index in [4.69, 9.17) is 0 Å². The fourth-order valence-corrected chi connectivity index (χ4v) is 2.76. The second-order valence-electron chi connectivity index (χ2n) is 4.24. The van der Waals surface area contributed by atoms with Crippen molar-refractivity contribution in [2.75, 3.05) is 19.9 Å². The summed E-state index contributed by atoms with van der Waals surface area (Å²) in [7, 11) is -0.505. The lowest BCUT2D eigenvalue weighted by atomic mass is 10.2. The van der Waals surface area contributed by atoms with Crippen LogP contribution in [0.4, 0.5) is 0 Å². The Morgan fingerprint density at radius 2 is 1.89 bits per heavy atom. The molecule has 1 aromatic carbocycles. The highest BCUT2D eigenvalue weighted by molar-refractivity contribution is 7.89. The summed E-state index contributed by atoms with van der Waals surface area (Å²) in [6.07, 6.45) is 0.392. The first-order chi connectivity index (χ1) is 8.95. The summed E-state index contributed by atoms with van der Waals surface area (Å²) >= 11 is 0. The van der Waals surface area contributed by atoms with Crippen molar-refractivity contribution in [2.45, 2.75) is 19.4 Å². The van der Waals surface area contributed by atoms with Crippen LogP contribution < -0.4 is 0 Å². The number of sulfonamides is 1. The molecule has 6 heteroatoms. The van der Waals surface area contributed by atoms with E-state index in [0.717, 1.165) is 5.56 Å². The van der Waals surface area contributed by atoms with E-state index in [-0.39, 0.29) is 24.6 Å². The van der Waals surface area contributed by atoms with Crippen LogP contribution in [0.1, 0.15) is 18.4 Å². The van der Waals surface area contributed by atoms with Crippen LogP contribution in [0.3, 0.4) is 0 Å². The maximum absolute atomic E-state index is 12.0. The molecule has 0 bridgehead atoms. The van der Waals surface area contributed by atoms with Crippen LogP contribution in [-0.2, 0) is 26.1 Å². The number of esters is 1. The van der Waals surface area contributed by atoms with Crippen molar-refractivity contribution in [1.29, 1.82) is 0 Å². The van der Waals surface area contributed by atoms with Crippen molar-refractivity contribution in [2.24, 2.45) is 0 Å². The summed E-state index contributed by atoms with van der Waals surface area (Å²) in [5.74, 6) is -0.438. The van der Waals surface area contributed by atoms with Gasteiger partial charge in [-0.05, 0) is 12.0 Å². The predicted molar refractivity (Wildman–Crippen MR) is 72.9 cm³/mol. The van der Waals surface area contributed by atoms with Gasteiger partial charge in [-0.2, -0.15) is 0 Å². The number of rotatable bonds is 7. The minimum absolute atomic E-state index is 0.0502. The Morgan fingerprint density at radius 1 is 1.26 bits per heavy atom. The average Bonchev–Trinajstić information content (AvgIpc) is 2.39. The van der Waals surface area contributed by atoms with Gasteiger partial charge in [0.25, 0.3) is 0 Å². The minimum Gasteiger partial charge on any atom is -0.469 e. The van der Waals surface area contributed by atoms with Crippen LogP contribution in [0.2, 0.25) is 0 Å². The first-order valence-corrected chi connectivity index (χ1v) is 7.61. The van der Waals surface area contributed by atoms with Gasteiger partial charge in [-0.15, -0.1) is 0 Å². The Labute approximate surface area is 114 Å². The first kappa shape index (κ1) is 15.7. The molecule has 0 N–H and O–H groups in total. The maximum atomic E-state index is 12.0. The van der Waals surface area contributed by atoms with Gasteiger partial charge in [0.2, 0.25) is 10.0 Å². The van der Waals surface area contributed by atoms with Crippen LogP contribution >= 0.6 is 0 Å².